The van der Waals surface area contributed by atoms with Gasteiger partial charge in [0.05, 0.1) is 19.0 Å². The average Bonchev–Trinajstić information content (AvgIpc) is 3.00. The van der Waals surface area contributed by atoms with E-state index in [1.165, 1.54) is 11.8 Å². The van der Waals surface area contributed by atoms with Gasteiger partial charge in [-0.1, -0.05) is 11.8 Å². The fourth-order valence-corrected chi connectivity index (χ4v) is 2.94. The number of hydrogen-bond acceptors (Lipinski definition) is 6. The number of carbonyl (C=O) groups excluding carboxylic acids is 1. The molecule has 0 aliphatic carbocycles. The first-order chi connectivity index (χ1) is 11.2. The number of thioether (sulfide) groups is 1. The highest BCUT2D eigenvalue weighted by Crippen LogP contribution is 2.19. The Morgan fingerprint density at radius 3 is 2.74 bits per heavy atom. The quantitative estimate of drug-likeness (QED) is 0.810. The van der Waals surface area contributed by atoms with Gasteiger partial charge in [-0.15, -0.1) is 5.10 Å². The number of aromatic nitrogens is 3. The van der Waals surface area contributed by atoms with Crippen LogP contribution in [-0.2, 0) is 9.53 Å². The normalized spacial score (nSPS) is 14.7. The molecule has 1 amide bonds. The summed E-state index contributed by atoms with van der Waals surface area (Å²) in [5.74, 6) is 0.950. The number of aromatic amines is 1. The lowest BCUT2D eigenvalue weighted by Gasteiger charge is -2.28. The van der Waals surface area contributed by atoms with E-state index >= 15 is 0 Å². The molecule has 0 atom stereocenters. The molecule has 0 saturated carbocycles. The summed E-state index contributed by atoms with van der Waals surface area (Å²) < 4.78 is 5.35. The van der Waals surface area contributed by atoms with E-state index in [1.54, 1.807) is 0 Å². The molecule has 2 N–H and O–H groups in total. The second kappa shape index (κ2) is 7.47. The van der Waals surface area contributed by atoms with Crippen LogP contribution in [-0.4, -0.2) is 53.1 Å². The molecule has 3 rings (SSSR count). The summed E-state index contributed by atoms with van der Waals surface area (Å²) in [4.78, 5) is 18.4. The van der Waals surface area contributed by atoms with Crippen LogP contribution in [0.4, 0.5) is 11.4 Å². The number of hydrogen-bond donors (Lipinski definition) is 2. The number of ether oxygens (including phenoxy) is 1. The number of aryl methyl sites for hydroxylation is 1. The molecule has 0 bridgehead atoms. The Labute approximate surface area is 138 Å². The maximum absolute atomic E-state index is 12.0. The molecule has 1 aromatic heterocycles. The van der Waals surface area contributed by atoms with Crippen molar-refractivity contribution in [2.75, 3.05) is 42.3 Å². The van der Waals surface area contributed by atoms with Crippen molar-refractivity contribution in [1.82, 2.24) is 15.2 Å². The Kier molecular flexibility index (Phi) is 5.14. The molecule has 2 heterocycles. The number of rotatable bonds is 5. The highest BCUT2D eigenvalue weighted by Gasteiger charge is 2.11. The molecule has 23 heavy (non-hydrogen) atoms. The third-order valence-electron chi connectivity index (χ3n) is 3.44. The first-order valence-corrected chi connectivity index (χ1v) is 8.44. The van der Waals surface area contributed by atoms with E-state index in [1.807, 2.05) is 31.2 Å². The van der Waals surface area contributed by atoms with Crippen molar-refractivity contribution in [3.63, 3.8) is 0 Å². The Bertz CT molecular complexity index is 652. The summed E-state index contributed by atoms with van der Waals surface area (Å²) >= 11 is 1.31. The fourth-order valence-electron chi connectivity index (χ4n) is 2.29. The zero-order valence-corrected chi connectivity index (χ0v) is 13.7. The molecule has 1 aliphatic rings. The fraction of sp³-hybridized carbons (Fsp3) is 0.400. The van der Waals surface area contributed by atoms with Gasteiger partial charge in [0, 0.05) is 24.5 Å². The van der Waals surface area contributed by atoms with Crippen LogP contribution in [0, 0.1) is 6.92 Å². The maximum Gasteiger partial charge on any atom is 0.234 e. The van der Waals surface area contributed by atoms with Crippen LogP contribution in [0.25, 0.3) is 0 Å². The zero-order chi connectivity index (χ0) is 16.1. The zero-order valence-electron chi connectivity index (χ0n) is 12.9. The lowest BCUT2D eigenvalue weighted by atomic mass is 10.2. The minimum Gasteiger partial charge on any atom is -0.378 e. The van der Waals surface area contributed by atoms with E-state index in [9.17, 15) is 4.79 Å². The SMILES string of the molecule is Cc1nc(SCC(=O)Nc2ccc(N3CCOCC3)cc2)n[nH]1. The van der Waals surface area contributed by atoms with E-state index in [0.717, 1.165) is 43.5 Å². The van der Waals surface area contributed by atoms with Crippen molar-refractivity contribution >= 4 is 29.0 Å². The van der Waals surface area contributed by atoms with E-state index < -0.39 is 0 Å². The highest BCUT2D eigenvalue weighted by atomic mass is 32.2. The summed E-state index contributed by atoms with van der Waals surface area (Å²) in [6.45, 7) is 5.15. The Balaban J connectivity index is 1.50. The van der Waals surface area contributed by atoms with Gasteiger partial charge in [-0.3, -0.25) is 9.89 Å². The second-order valence-corrected chi connectivity index (χ2v) is 6.13. The van der Waals surface area contributed by atoms with Crippen LogP contribution in [0.3, 0.4) is 0 Å². The van der Waals surface area contributed by atoms with Crippen LogP contribution < -0.4 is 10.2 Å². The molecule has 0 spiro atoms. The highest BCUT2D eigenvalue weighted by molar-refractivity contribution is 7.99. The molecular formula is C15H19N5O2S. The van der Waals surface area contributed by atoms with Gasteiger partial charge in [-0.2, -0.15) is 0 Å². The second-order valence-electron chi connectivity index (χ2n) is 5.19. The molecule has 0 unspecified atom stereocenters. The summed E-state index contributed by atoms with van der Waals surface area (Å²) in [5, 5.41) is 10.2. The summed E-state index contributed by atoms with van der Waals surface area (Å²) in [5.41, 5.74) is 1.94. The van der Waals surface area contributed by atoms with Gasteiger partial charge in [0.15, 0.2) is 0 Å². The molecule has 1 aromatic carbocycles. The molecule has 1 saturated heterocycles. The Morgan fingerprint density at radius 1 is 1.35 bits per heavy atom. The number of anilines is 2. The Hall–Kier alpha value is -2.06. The van der Waals surface area contributed by atoms with Crippen molar-refractivity contribution in [2.45, 2.75) is 12.1 Å². The third-order valence-corrected chi connectivity index (χ3v) is 4.28. The minimum absolute atomic E-state index is 0.0726. The maximum atomic E-state index is 12.0. The predicted molar refractivity (Wildman–Crippen MR) is 89.9 cm³/mol. The first kappa shape index (κ1) is 15.8. The number of benzene rings is 1. The van der Waals surface area contributed by atoms with Crippen molar-refractivity contribution < 1.29 is 9.53 Å². The number of nitrogens with zero attached hydrogens (tertiary/aromatic N) is 3. The van der Waals surface area contributed by atoms with E-state index in [-0.39, 0.29) is 11.7 Å². The van der Waals surface area contributed by atoms with E-state index in [4.69, 9.17) is 4.74 Å². The lowest BCUT2D eigenvalue weighted by molar-refractivity contribution is -0.113. The molecule has 0 radical (unpaired) electrons. The van der Waals surface area contributed by atoms with Gasteiger partial charge in [0.1, 0.15) is 5.82 Å². The molecule has 1 aliphatic heterocycles. The standard InChI is InChI=1S/C15H19N5O2S/c1-11-16-15(19-18-11)23-10-14(21)17-12-2-4-13(5-3-12)20-6-8-22-9-7-20/h2-5H,6-10H2,1H3,(H,17,21)(H,16,18,19). The predicted octanol–water partition coefficient (Wildman–Crippen LogP) is 1.68. The number of H-pyrrole nitrogens is 1. The van der Waals surface area contributed by atoms with Gasteiger partial charge in [0.25, 0.3) is 0 Å². The minimum atomic E-state index is -0.0726. The van der Waals surface area contributed by atoms with E-state index in [2.05, 4.69) is 25.4 Å². The monoisotopic (exact) mass is 333 g/mol. The van der Waals surface area contributed by atoms with Crippen LogP contribution >= 0.6 is 11.8 Å². The largest absolute Gasteiger partial charge is 0.378 e. The van der Waals surface area contributed by atoms with Crippen LogP contribution in [0.1, 0.15) is 5.82 Å². The number of nitrogens with one attached hydrogen (secondary N) is 2. The van der Waals surface area contributed by atoms with Crippen LogP contribution in [0.15, 0.2) is 29.4 Å². The topological polar surface area (TPSA) is 83.1 Å². The Morgan fingerprint density at radius 2 is 2.09 bits per heavy atom. The van der Waals surface area contributed by atoms with Crippen LogP contribution in [0.5, 0.6) is 0 Å². The number of morpholine rings is 1. The summed E-state index contributed by atoms with van der Waals surface area (Å²) in [7, 11) is 0. The van der Waals surface area contributed by atoms with Gasteiger partial charge in [0.2, 0.25) is 11.1 Å². The van der Waals surface area contributed by atoms with Crippen molar-refractivity contribution in [3.8, 4) is 0 Å². The van der Waals surface area contributed by atoms with Crippen molar-refractivity contribution in [1.29, 1.82) is 0 Å². The molecule has 8 heteroatoms. The molecule has 122 valence electrons. The van der Waals surface area contributed by atoms with Crippen molar-refractivity contribution in [2.24, 2.45) is 0 Å². The van der Waals surface area contributed by atoms with Gasteiger partial charge in [-0.05, 0) is 31.2 Å². The van der Waals surface area contributed by atoms with Crippen molar-refractivity contribution in [3.05, 3.63) is 30.1 Å². The van der Waals surface area contributed by atoms with Gasteiger partial charge >= 0.3 is 0 Å². The van der Waals surface area contributed by atoms with Gasteiger partial charge in [-0.25, -0.2) is 4.98 Å². The van der Waals surface area contributed by atoms with E-state index in [0.29, 0.717) is 5.16 Å². The molecule has 1 fully saturated rings. The number of carbonyl (C=O) groups is 1. The average molecular weight is 333 g/mol. The first-order valence-electron chi connectivity index (χ1n) is 7.45. The number of amides is 1. The van der Waals surface area contributed by atoms with Gasteiger partial charge < -0.3 is 15.0 Å². The lowest BCUT2D eigenvalue weighted by Crippen LogP contribution is -2.36. The smallest absolute Gasteiger partial charge is 0.234 e. The molecular weight excluding hydrogens is 314 g/mol. The third kappa shape index (κ3) is 4.46. The van der Waals surface area contributed by atoms with Crippen LogP contribution in [0.2, 0.25) is 0 Å². The molecule has 7 nitrogen and oxygen atoms in total. The molecule has 2 aromatic rings. The summed E-state index contributed by atoms with van der Waals surface area (Å²) in [6.07, 6.45) is 0. The summed E-state index contributed by atoms with van der Waals surface area (Å²) in [6, 6.07) is 7.88.